The summed E-state index contributed by atoms with van der Waals surface area (Å²) in [5.74, 6) is -1.70. The average molecular weight is 463 g/mol. The second-order valence-electron chi connectivity index (χ2n) is 9.53. The maximum Gasteiger partial charge on any atom is 0.165 e. The molecule has 33 heavy (non-hydrogen) atoms. The van der Waals surface area contributed by atoms with Crippen LogP contribution in [0.15, 0.2) is 42.5 Å². The van der Waals surface area contributed by atoms with Crippen molar-refractivity contribution in [1.29, 1.82) is 0 Å². The summed E-state index contributed by atoms with van der Waals surface area (Å²) in [7, 11) is 0. The number of rotatable bonds is 6. The second-order valence-corrected chi connectivity index (χ2v) is 9.53. The zero-order chi connectivity index (χ0) is 23.6. The Labute approximate surface area is 193 Å². The lowest BCUT2D eigenvalue weighted by molar-refractivity contribution is -0.149. The highest BCUT2D eigenvalue weighted by Gasteiger charge is 2.44. The highest BCUT2D eigenvalue weighted by molar-refractivity contribution is 5.48. The molecule has 0 saturated carbocycles. The number of nitrogens with zero attached hydrogens (tertiary/aromatic N) is 2. The van der Waals surface area contributed by atoms with Crippen LogP contribution in [0.1, 0.15) is 24.8 Å². The van der Waals surface area contributed by atoms with Gasteiger partial charge in [0.1, 0.15) is 18.0 Å². The molecule has 0 amide bonds. The molecule has 4 rings (SSSR count). The molecule has 0 unspecified atom stereocenters. The normalized spacial score (nSPS) is 25.8. The summed E-state index contributed by atoms with van der Waals surface area (Å²) in [5, 5.41) is 32.6. The van der Waals surface area contributed by atoms with Crippen molar-refractivity contribution in [3.63, 3.8) is 0 Å². The smallest absolute Gasteiger partial charge is 0.165 e. The fraction of sp³-hybridized carbons (Fsp3) is 0.520. The average Bonchev–Trinajstić information content (AvgIpc) is 2.78. The van der Waals surface area contributed by atoms with E-state index in [1.54, 1.807) is 0 Å². The lowest BCUT2D eigenvalue weighted by atomic mass is 9.86. The fourth-order valence-corrected chi connectivity index (χ4v) is 4.72. The maximum atomic E-state index is 13.9. The van der Waals surface area contributed by atoms with Crippen molar-refractivity contribution in [3.8, 4) is 5.75 Å². The standard InChI is InChI=1S/C25H32F2N2O4/c1-18-2-5-20(6-3-18)29-12-9-24(31,10-13-29)15-28-11-8-23(30)25(32,16-28)17-33-22-14-19(26)4-7-21(22)27/h2-7,14,23,30-32H,8-13,15-17H2,1H3/t23-,25-/m0/s1. The number of likely N-dealkylation sites (tertiary alicyclic amines) is 1. The first-order valence-corrected chi connectivity index (χ1v) is 11.4. The Hall–Kier alpha value is -2.26. The van der Waals surface area contributed by atoms with Gasteiger partial charge in [0.15, 0.2) is 11.6 Å². The van der Waals surface area contributed by atoms with Crippen molar-refractivity contribution in [3.05, 3.63) is 59.7 Å². The Balaban J connectivity index is 1.34. The monoisotopic (exact) mass is 462 g/mol. The molecule has 2 aromatic rings. The zero-order valence-corrected chi connectivity index (χ0v) is 18.9. The van der Waals surface area contributed by atoms with E-state index in [2.05, 4.69) is 36.1 Å². The topological polar surface area (TPSA) is 76.4 Å². The maximum absolute atomic E-state index is 13.9. The summed E-state index contributed by atoms with van der Waals surface area (Å²) in [6, 6.07) is 11.2. The van der Waals surface area contributed by atoms with E-state index >= 15 is 0 Å². The van der Waals surface area contributed by atoms with Gasteiger partial charge in [-0.15, -0.1) is 0 Å². The molecule has 2 fully saturated rings. The molecule has 2 aromatic carbocycles. The van der Waals surface area contributed by atoms with Gasteiger partial charge < -0.3 is 25.0 Å². The molecular weight excluding hydrogens is 430 g/mol. The van der Waals surface area contributed by atoms with Gasteiger partial charge in [-0.25, -0.2) is 8.78 Å². The molecule has 180 valence electrons. The van der Waals surface area contributed by atoms with Crippen LogP contribution in [-0.4, -0.2) is 76.9 Å². The van der Waals surface area contributed by atoms with Crippen LogP contribution in [0.25, 0.3) is 0 Å². The molecule has 2 aliphatic rings. The summed E-state index contributed by atoms with van der Waals surface area (Å²) in [5.41, 5.74) is -0.216. The number of β-amino-alcohol motifs (C(OH)–C–C–N with tert-alkyl or cyclic N) is 2. The number of halogens is 2. The molecule has 2 heterocycles. The second kappa shape index (κ2) is 9.54. The molecule has 2 aliphatic heterocycles. The minimum atomic E-state index is -1.66. The molecular formula is C25H32F2N2O4. The Morgan fingerprint density at radius 1 is 1.03 bits per heavy atom. The van der Waals surface area contributed by atoms with Crippen LogP contribution < -0.4 is 9.64 Å². The third-order valence-corrected chi connectivity index (χ3v) is 6.82. The van der Waals surface area contributed by atoms with Crippen LogP contribution in [0.3, 0.4) is 0 Å². The van der Waals surface area contributed by atoms with E-state index in [-0.39, 0.29) is 25.3 Å². The highest BCUT2D eigenvalue weighted by Crippen LogP contribution is 2.30. The van der Waals surface area contributed by atoms with E-state index in [0.29, 0.717) is 25.9 Å². The van der Waals surface area contributed by atoms with Gasteiger partial charge in [0.2, 0.25) is 0 Å². The number of piperidine rings is 2. The fourth-order valence-electron chi connectivity index (χ4n) is 4.72. The number of benzene rings is 2. The Kier molecular flexibility index (Phi) is 6.91. The Bertz CT molecular complexity index is 950. The van der Waals surface area contributed by atoms with E-state index in [9.17, 15) is 24.1 Å². The van der Waals surface area contributed by atoms with Crippen molar-refractivity contribution in [2.45, 2.75) is 43.5 Å². The first-order chi connectivity index (χ1) is 15.7. The Morgan fingerprint density at radius 2 is 1.73 bits per heavy atom. The number of aryl methyl sites for hydroxylation is 1. The van der Waals surface area contributed by atoms with Crippen molar-refractivity contribution in [2.24, 2.45) is 0 Å². The van der Waals surface area contributed by atoms with Gasteiger partial charge in [-0.2, -0.15) is 0 Å². The molecule has 6 nitrogen and oxygen atoms in total. The molecule has 0 aromatic heterocycles. The number of hydrogen-bond donors (Lipinski definition) is 3. The van der Waals surface area contributed by atoms with E-state index in [0.717, 1.165) is 37.0 Å². The van der Waals surface area contributed by atoms with Crippen molar-refractivity contribution < 1.29 is 28.8 Å². The minimum absolute atomic E-state index is 0.0646. The van der Waals surface area contributed by atoms with Crippen molar-refractivity contribution >= 4 is 5.69 Å². The molecule has 0 spiro atoms. The van der Waals surface area contributed by atoms with E-state index in [4.69, 9.17) is 4.74 Å². The predicted molar refractivity (Wildman–Crippen MR) is 121 cm³/mol. The number of aliphatic hydroxyl groups excluding tert-OH is 1. The van der Waals surface area contributed by atoms with Crippen LogP contribution in [0.2, 0.25) is 0 Å². The van der Waals surface area contributed by atoms with Gasteiger partial charge in [0.05, 0.1) is 11.7 Å². The largest absolute Gasteiger partial charge is 0.487 e. The third kappa shape index (κ3) is 5.63. The van der Waals surface area contributed by atoms with Crippen molar-refractivity contribution in [1.82, 2.24) is 4.90 Å². The molecule has 2 atom stereocenters. The van der Waals surface area contributed by atoms with Gasteiger partial charge in [-0.1, -0.05) is 17.7 Å². The van der Waals surface area contributed by atoms with Gasteiger partial charge in [0.25, 0.3) is 0 Å². The van der Waals surface area contributed by atoms with E-state index in [1.807, 2.05) is 4.90 Å². The van der Waals surface area contributed by atoms with Crippen molar-refractivity contribution in [2.75, 3.05) is 44.2 Å². The molecule has 0 bridgehead atoms. The summed E-state index contributed by atoms with van der Waals surface area (Å²) in [4.78, 5) is 4.17. The van der Waals surface area contributed by atoms with Crippen LogP contribution in [0.5, 0.6) is 5.75 Å². The quantitative estimate of drug-likeness (QED) is 0.613. The van der Waals surface area contributed by atoms with Gasteiger partial charge in [-0.3, -0.25) is 4.90 Å². The summed E-state index contributed by atoms with van der Waals surface area (Å²) < 4.78 is 32.6. The summed E-state index contributed by atoms with van der Waals surface area (Å²) in [6.45, 7) is 4.05. The first kappa shape index (κ1) is 23.9. The Morgan fingerprint density at radius 3 is 2.42 bits per heavy atom. The summed E-state index contributed by atoms with van der Waals surface area (Å²) in [6.07, 6.45) is 0.396. The van der Waals surface area contributed by atoms with Gasteiger partial charge in [0, 0.05) is 44.5 Å². The number of anilines is 1. The predicted octanol–water partition coefficient (Wildman–Crippen LogP) is 2.48. The van der Waals surface area contributed by atoms with Crippen LogP contribution in [0, 0.1) is 18.6 Å². The number of ether oxygens (including phenoxy) is 1. The molecule has 8 heteroatoms. The number of hydrogen-bond acceptors (Lipinski definition) is 6. The SMILES string of the molecule is Cc1ccc(N2CCC(O)(CN3CC[C@H](O)[C@@](O)(COc4cc(F)ccc4F)C3)CC2)cc1. The lowest BCUT2D eigenvalue weighted by Crippen LogP contribution is -2.62. The molecule has 0 radical (unpaired) electrons. The van der Waals surface area contributed by atoms with Crippen LogP contribution >= 0.6 is 0 Å². The van der Waals surface area contributed by atoms with Gasteiger partial charge >= 0.3 is 0 Å². The van der Waals surface area contributed by atoms with Gasteiger partial charge in [-0.05, 0) is 50.5 Å². The highest BCUT2D eigenvalue weighted by atomic mass is 19.1. The van der Waals surface area contributed by atoms with Crippen LogP contribution in [0.4, 0.5) is 14.5 Å². The van der Waals surface area contributed by atoms with E-state index in [1.165, 1.54) is 5.56 Å². The number of aliphatic hydroxyl groups is 3. The lowest BCUT2D eigenvalue weighted by Gasteiger charge is -2.46. The molecule has 3 N–H and O–H groups in total. The molecule has 0 aliphatic carbocycles. The zero-order valence-electron chi connectivity index (χ0n) is 18.9. The van der Waals surface area contributed by atoms with Crippen LogP contribution in [-0.2, 0) is 0 Å². The minimum Gasteiger partial charge on any atom is -0.487 e. The van der Waals surface area contributed by atoms with E-state index < -0.39 is 28.9 Å². The first-order valence-electron chi connectivity index (χ1n) is 11.4. The summed E-state index contributed by atoms with van der Waals surface area (Å²) >= 11 is 0. The third-order valence-electron chi connectivity index (χ3n) is 6.82. The molecule has 2 saturated heterocycles.